The highest BCUT2D eigenvalue weighted by molar-refractivity contribution is 6.37. The number of piperidine rings is 1. The maximum absolute atomic E-state index is 14.8. The molecule has 0 bridgehead atoms. The van der Waals surface area contributed by atoms with Gasteiger partial charge in [-0.2, -0.15) is 0 Å². The molecular formula is C25H23Cl2F2N3O3. The summed E-state index contributed by atoms with van der Waals surface area (Å²) in [5, 5.41) is 7.96. The number of ether oxygens (including phenoxy) is 1. The molecule has 0 atom stereocenters. The van der Waals surface area contributed by atoms with Gasteiger partial charge in [-0.25, -0.2) is 8.78 Å². The Bertz CT molecular complexity index is 1280. The zero-order valence-corrected chi connectivity index (χ0v) is 20.4. The summed E-state index contributed by atoms with van der Waals surface area (Å²) in [5.41, 5.74) is 1.09. The Morgan fingerprint density at radius 2 is 1.83 bits per heavy atom. The van der Waals surface area contributed by atoms with E-state index in [1.165, 1.54) is 29.0 Å². The molecule has 4 rings (SSSR count). The van der Waals surface area contributed by atoms with Crippen LogP contribution in [0.1, 0.15) is 29.5 Å². The highest BCUT2D eigenvalue weighted by Crippen LogP contribution is 2.30. The minimum atomic E-state index is -0.810. The van der Waals surface area contributed by atoms with Gasteiger partial charge in [0.05, 0.1) is 22.3 Å². The van der Waals surface area contributed by atoms with Crippen LogP contribution in [0.15, 0.2) is 58.6 Å². The molecule has 3 aromatic rings. The number of benzene rings is 2. The molecule has 2 aromatic carbocycles. The van der Waals surface area contributed by atoms with Crippen LogP contribution in [-0.4, -0.2) is 36.6 Å². The third kappa shape index (κ3) is 5.90. The summed E-state index contributed by atoms with van der Waals surface area (Å²) >= 11 is 12.9. The van der Waals surface area contributed by atoms with Crippen molar-refractivity contribution in [2.75, 3.05) is 20.2 Å². The van der Waals surface area contributed by atoms with E-state index in [2.05, 4.69) is 10.5 Å². The zero-order valence-electron chi connectivity index (χ0n) is 18.9. The van der Waals surface area contributed by atoms with E-state index in [1.54, 1.807) is 19.2 Å². The van der Waals surface area contributed by atoms with Crippen molar-refractivity contribution in [1.82, 2.24) is 9.88 Å². The molecule has 6 nitrogen and oxygen atoms in total. The lowest BCUT2D eigenvalue weighted by Crippen LogP contribution is -2.31. The van der Waals surface area contributed by atoms with Crippen LogP contribution >= 0.6 is 23.2 Å². The van der Waals surface area contributed by atoms with Gasteiger partial charge in [0.2, 0.25) is 0 Å². The molecule has 10 heteroatoms. The number of hydrogen-bond donors (Lipinski definition) is 1. The van der Waals surface area contributed by atoms with Crippen LogP contribution in [0.2, 0.25) is 10.0 Å². The number of nitrogens with one attached hydrogen (secondary N) is 1. The van der Waals surface area contributed by atoms with E-state index in [0.717, 1.165) is 43.6 Å². The molecule has 1 aliphatic heterocycles. The molecule has 0 unspecified atom stereocenters. The summed E-state index contributed by atoms with van der Waals surface area (Å²) < 4.78 is 34.8. The average Bonchev–Trinajstić information content (AvgIpc) is 2.82. The molecule has 35 heavy (non-hydrogen) atoms. The van der Waals surface area contributed by atoms with Gasteiger partial charge in [-0.05, 0) is 61.8 Å². The molecule has 0 saturated carbocycles. The Labute approximate surface area is 211 Å². The van der Waals surface area contributed by atoms with E-state index in [1.807, 2.05) is 0 Å². The fourth-order valence-electron chi connectivity index (χ4n) is 3.87. The topological polar surface area (TPSA) is 64.8 Å². The van der Waals surface area contributed by atoms with Crippen molar-refractivity contribution in [3.8, 4) is 5.69 Å². The van der Waals surface area contributed by atoms with E-state index < -0.39 is 17.2 Å². The molecule has 0 radical (unpaired) electrons. The number of methoxy groups -OCH3 is 1. The molecule has 1 fully saturated rings. The van der Waals surface area contributed by atoms with Gasteiger partial charge in [0.25, 0.3) is 5.56 Å². The summed E-state index contributed by atoms with van der Waals surface area (Å²) in [6.45, 7) is 1.85. The largest absolute Gasteiger partial charge is 0.392 e. The Hall–Kier alpha value is -2.78. The van der Waals surface area contributed by atoms with Crippen molar-refractivity contribution in [1.29, 1.82) is 0 Å². The van der Waals surface area contributed by atoms with Crippen molar-refractivity contribution in [2.45, 2.75) is 25.6 Å². The fourth-order valence-corrected chi connectivity index (χ4v) is 4.58. The lowest BCUT2D eigenvalue weighted by atomic mass is 10.0. The van der Waals surface area contributed by atoms with Gasteiger partial charge in [-0.1, -0.05) is 28.4 Å². The van der Waals surface area contributed by atoms with Crippen LogP contribution < -0.4 is 10.9 Å². The van der Waals surface area contributed by atoms with Gasteiger partial charge in [0, 0.05) is 36.6 Å². The van der Waals surface area contributed by atoms with Crippen LogP contribution in [0.4, 0.5) is 8.78 Å². The van der Waals surface area contributed by atoms with Gasteiger partial charge < -0.3 is 14.9 Å². The van der Waals surface area contributed by atoms with Gasteiger partial charge in [-0.15, -0.1) is 0 Å². The highest BCUT2D eigenvalue weighted by Gasteiger charge is 2.20. The molecule has 1 saturated heterocycles. The van der Waals surface area contributed by atoms with Crippen LogP contribution in [0, 0.1) is 11.6 Å². The standard InChI is InChI=1S/C25H23Cl2F2N3O3/c1-34-14-15-10-20(26)25(21(27)11-15)32-13-16(2-5-23(32)33)24(19-4-3-17(28)12-22(19)29)31-35-18-6-8-30-9-7-18/h2-5,10-13,18,30H,6-9,14H2,1H3. The van der Waals surface area contributed by atoms with Crippen molar-refractivity contribution in [2.24, 2.45) is 5.16 Å². The van der Waals surface area contributed by atoms with Crippen molar-refractivity contribution in [3.05, 3.63) is 97.4 Å². The molecule has 184 valence electrons. The average molecular weight is 522 g/mol. The van der Waals surface area contributed by atoms with Crippen LogP contribution in [0.25, 0.3) is 5.69 Å². The Morgan fingerprint density at radius 1 is 1.11 bits per heavy atom. The van der Waals surface area contributed by atoms with Gasteiger partial charge in [-0.3, -0.25) is 9.36 Å². The van der Waals surface area contributed by atoms with Crippen LogP contribution in [-0.2, 0) is 16.2 Å². The van der Waals surface area contributed by atoms with Gasteiger partial charge in [0.15, 0.2) is 0 Å². The van der Waals surface area contributed by atoms with E-state index in [9.17, 15) is 13.6 Å². The van der Waals surface area contributed by atoms with Crippen LogP contribution in [0.5, 0.6) is 0 Å². The first-order valence-electron chi connectivity index (χ1n) is 11.0. The normalized spacial score (nSPS) is 14.8. The van der Waals surface area contributed by atoms with Crippen molar-refractivity contribution in [3.63, 3.8) is 0 Å². The lowest BCUT2D eigenvalue weighted by Gasteiger charge is -2.21. The molecule has 0 amide bonds. The monoisotopic (exact) mass is 521 g/mol. The number of aromatic nitrogens is 1. The fraction of sp³-hybridized carbons (Fsp3) is 0.280. The second-order valence-corrected chi connectivity index (χ2v) is 8.90. The smallest absolute Gasteiger partial charge is 0.255 e. The SMILES string of the molecule is COCc1cc(Cl)c(-n2cc(C(=NOC3CCNCC3)c3ccc(F)cc3F)ccc2=O)c(Cl)c1. The predicted molar refractivity (Wildman–Crippen MR) is 132 cm³/mol. The van der Waals surface area contributed by atoms with Crippen molar-refractivity contribution >= 4 is 28.9 Å². The highest BCUT2D eigenvalue weighted by atomic mass is 35.5. The maximum atomic E-state index is 14.8. The third-order valence-electron chi connectivity index (χ3n) is 5.58. The first kappa shape index (κ1) is 25.3. The molecule has 1 aliphatic rings. The Kier molecular flexibility index (Phi) is 8.18. The predicted octanol–water partition coefficient (Wildman–Crippen LogP) is 5.09. The number of pyridine rings is 1. The van der Waals surface area contributed by atoms with Crippen molar-refractivity contribution < 1.29 is 18.4 Å². The number of halogens is 4. The summed E-state index contributed by atoms with van der Waals surface area (Å²) in [6, 6.07) is 9.29. The minimum Gasteiger partial charge on any atom is -0.392 e. The number of oxime groups is 1. The molecule has 0 aliphatic carbocycles. The minimum absolute atomic E-state index is 0.0261. The summed E-state index contributed by atoms with van der Waals surface area (Å²) in [7, 11) is 1.55. The first-order chi connectivity index (χ1) is 16.9. The molecule has 1 aromatic heterocycles. The number of hydrogen-bond acceptors (Lipinski definition) is 5. The first-order valence-corrected chi connectivity index (χ1v) is 11.7. The Balaban J connectivity index is 1.81. The second-order valence-electron chi connectivity index (χ2n) is 8.09. The molecule has 0 spiro atoms. The van der Waals surface area contributed by atoms with Gasteiger partial charge in [0.1, 0.15) is 23.5 Å². The third-order valence-corrected chi connectivity index (χ3v) is 6.15. The number of nitrogens with zero attached hydrogens (tertiary/aromatic N) is 2. The summed E-state index contributed by atoms with van der Waals surface area (Å²) in [6.07, 6.45) is 2.78. The molecule has 1 N–H and O–H groups in total. The summed E-state index contributed by atoms with van der Waals surface area (Å²) in [4.78, 5) is 18.5. The number of rotatable bonds is 7. The molecule has 2 heterocycles. The summed E-state index contributed by atoms with van der Waals surface area (Å²) in [5.74, 6) is -1.53. The molecular weight excluding hydrogens is 499 g/mol. The van der Waals surface area contributed by atoms with E-state index in [0.29, 0.717) is 12.2 Å². The van der Waals surface area contributed by atoms with Crippen LogP contribution in [0.3, 0.4) is 0 Å². The maximum Gasteiger partial charge on any atom is 0.255 e. The zero-order chi connectivity index (χ0) is 24.9. The Morgan fingerprint density at radius 3 is 2.49 bits per heavy atom. The van der Waals surface area contributed by atoms with E-state index in [4.69, 9.17) is 32.8 Å². The van der Waals surface area contributed by atoms with E-state index in [-0.39, 0.29) is 33.1 Å². The van der Waals surface area contributed by atoms with Gasteiger partial charge >= 0.3 is 0 Å². The lowest BCUT2D eigenvalue weighted by molar-refractivity contribution is 0.0378. The quantitative estimate of drug-likeness (QED) is 0.347. The van der Waals surface area contributed by atoms with E-state index >= 15 is 0 Å². The second kappa shape index (κ2) is 11.3.